The number of rotatable bonds is 3. The minimum absolute atomic E-state index is 0.115. The average Bonchev–Trinajstić information content (AvgIpc) is 2.66. The highest BCUT2D eigenvalue weighted by Crippen LogP contribution is 2.22. The van der Waals surface area contributed by atoms with Crippen molar-refractivity contribution in [2.45, 2.75) is 39.5 Å². The Kier molecular flexibility index (Phi) is 4.83. The van der Waals surface area contributed by atoms with E-state index in [1.54, 1.807) is 0 Å². The summed E-state index contributed by atoms with van der Waals surface area (Å²) < 4.78 is 5.73. The molecule has 0 N–H and O–H groups in total. The molecule has 19 heavy (non-hydrogen) atoms. The summed E-state index contributed by atoms with van der Waals surface area (Å²) in [6, 6.07) is 6.03. The van der Waals surface area contributed by atoms with Crippen molar-refractivity contribution in [2.24, 2.45) is 0 Å². The molecule has 0 unspecified atom stereocenters. The minimum Gasteiger partial charge on any atom is -0.483 e. The molecular weight excluding hydrogens is 238 g/mol. The van der Waals surface area contributed by atoms with Gasteiger partial charge in [0.1, 0.15) is 5.75 Å². The number of carbonyl (C=O) groups is 1. The van der Waals surface area contributed by atoms with Crippen molar-refractivity contribution in [1.82, 2.24) is 4.90 Å². The van der Waals surface area contributed by atoms with Crippen molar-refractivity contribution in [3.05, 3.63) is 29.3 Å². The molecule has 0 aliphatic carbocycles. The van der Waals surface area contributed by atoms with Crippen LogP contribution in [0.15, 0.2) is 18.2 Å². The van der Waals surface area contributed by atoms with E-state index in [0.717, 1.165) is 42.8 Å². The van der Waals surface area contributed by atoms with E-state index in [9.17, 15) is 4.79 Å². The van der Waals surface area contributed by atoms with Crippen LogP contribution in [0, 0.1) is 13.8 Å². The molecule has 0 aromatic heterocycles. The average molecular weight is 261 g/mol. The number of hydrogen-bond acceptors (Lipinski definition) is 2. The summed E-state index contributed by atoms with van der Waals surface area (Å²) in [6.45, 7) is 5.95. The van der Waals surface area contributed by atoms with Crippen molar-refractivity contribution < 1.29 is 9.53 Å². The van der Waals surface area contributed by atoms with Gasteiger partial charge in [0.25, 0.3) is 5.91 Å². The van der Waals surface area contributed by atoms with Crippen molar-refractivity contribution >= 4 is 5.91 Å². The Morgan fingerprint density at radius 2 is 1.68 bits per heavy atom. The number of likely N-dealkylation sites (tertiary alicyclic amines) is 1. The number of ether oxygens (including phenoxy) is 1. The van der Waals surface area contributed by atoms with Gasteiger partial charge in [0.05, 0.1) is 0 Å². The van der Waals surface area contributed by atoms with Crippen LogP contribution in [-0.4, -0.2) is 30.5 Å². The smallest absolute Gasteiger partial charge is 0.260 e. The first-order valence-corrected chi connectivity index (χ1v) is 7.15. The maximum absolute atomic E-state index is 12.1. The van der Waals surface area contributed by atoms with E-state index in [1.807, 2.05) is 36.9 Å². The fraction of sp³-hybridized carbons (Fsp3) is 0.562. The summed E-state index contributed by atoms with van der Waals surface area (Å²) in [5, 5.41) is 0. The van der Waals surface area contributed by atoms with E-state index < -0.39 is 0 Å². The quantitative estimate of drug-likeness (QED) is 0.837. The van der Waals surface area contributed by atoms with Gasteiger partial charge in [-0.25, -0.2) is 0 Å². The molecule has 1 aliphatic heterocycles. The zero-order chi connectivity index (χ0) is 13.7. The molecule has 0 radical (unpaired) electrons. The second-order valence-electron chi connectivity index (χ2n) is 5.30. The van der Waals surface area contributed by atoms with Crippen LogP contribution in [0.3, 0.4) is 0 Å². The number of aryl methyl sites for hydroxylation is 2. The molecule has 1 aliphatic rings. The topological polar surface area (TPSA) is 29.5 Å². The predicted octanol–water partition coefficient (Wildman–Crippen LogP) is 3.08. The second-order valence-corrected chi connectivity index (χ2v) is 5.30. The molecule has 1 heterocycles. The maximum Gasteiger partial charge on any atom is 0.260 e. The lowest BCUT2D eigenvalue weighted by Gasteiger charge is -2.21. The number of hydrogen-bond donors (Lipinski definition) is 0. The molecule has 1 saturated heterocycles. The van der Waals surface area contributed by atoms with Crippen LogP contribution in [-0.2, 0) is 4.79 Å². The molecule has 2 rings (SSSR count). The molecule has 1 amide bonds. The Bertz CT molecular complexity index is 414. The van der Waals surface area contributed by atoms with Crippen LogP contribution in [0.1, 0.15) is 36.8 Å². The van der Waals surface area contributed by atoms with Crippen LogP contribution in [0.2, 0.25) is 0 Å². The van der Waals surface area contributed by atoms with Gasteiger partial charge in [-0.05, 0) is 37.8 Å². The third-order valence-corrected chi connectivity index (χ3v) is 3.71. The van der Waals surface area contributed by atoms with E-state index in [-0.39, 0.29) is 12.5 Å². The van der Waals surface area contributed by atoms with E-state index in [1.165, 1.54) is 12.8 Å². The largest absolute Gasteiger partial charge is 0.483 e. The van der Waals surface area contributed by atoms with E-state index in [0.29, 0.717) is 0 Å². The fourth-order valence-electron chi connectivity index (χ4n) is 2.57. The van der Waals surface area contributed by atoms with E-state index in [2.05, 4.69) is 0 Å². The molecule has 0 atom stereocenters. The van der Waals surface area contributed by atoms with Gasteiger partial charge in [-0.3, -0.25) is 4.79 Å². The number of para-hydroxylation sites is 1. The van der Waals surface area contributed by atoms with Gasteiger partial charge >= 0.3 is 0 Å². The Morgan fingerprint density at radius 3 is 2.26 bits per heavy atom. The zero-order valence-corrected chi connectivity index (χ0v) is 11.9. The van der Waals surface area contributed by atoms with Crippen LogP contribution < -0.4 is 4.74 Å². The molecule has 1 aromatic rings. The third-order valence-electron chi connectivity index (χ3n) is 3.71. The number of carbonyl (C=O) groups excluding carboxylic acids is 1. The molecule has 3 nitrogen and oxygen atoms in total. The van der Waals surface area contributed by atoms with E-state index in [4.69, 9.17) is 4.74 Å². The van der Waals surface area contributed by atoms with Gasteiger partial charge in [-0.2, -0.15) is 0 Å². The van der Waals surface area contributed by atoms with Gasteiger partial charge in [0.2, 0.25) is 0 Å². The summed E-state index contributed by atoms with van der Waals surface area (Å²) in [6.07, 6.45) is 4.72. The Morgan fingerprint density at radius 1 is 1.11 bits per heavy atom. The van der Waals surface area contributed by atoms with Gasteiger partial charge in [-0.1, -0.05) is 31.0 Å². The van der Waals surface area contributed by atoms with Crippen molar-refractivity contribution in [2.75, 3.05) is 19.7 Å². The van der Waals surface area contributed by atoms with Gasteiger partial charge in [0.15, 0.2) is 6.61 Å². The number of amides is 1. The van der Waals surface area contributed by atoms with Crippen LogP contribution in [0.5, 0.6) is 5.75 Å². The third kappa shape index (κ3) is 3.72. The first-order valence-electron chi connectivity index (χ1n) is 7.15. The van der Waals surface area contributed by atoms with E-state index >= 15 is 0 Å². The lowest BCUT2D eigenvalue weighted by atomic mass is 10.1. The van der Waals surface area contributed by atoms with Gasteiger partial charge in [0, 0.05) is 13.1 Å². The van der Waals surface area contributed by atoms with Crippen molar-refractivity contribution in [3.8, 4) is 5.75 Å². The monoisotopic (exact) mass is 261 g/mol. The molecule has 104 valence electrons. The lowest BCUT2D eigenvalue weighted by molar-refractivity contribution is -0.133. The molecule has 3 heteroatoms. The normalized spacial score (nSPS) is 16.0. The molecule has 0 saturated carbocycles. The molecular formula is C16H23NO2. The summed E-state index contributed by atoms with van der Waals surface area (Å²) in [5.41, 5.74) is 2.17. The number of benzene rings is 1. The molecule has 1 aromatic carbocycles. The van der Waals surface area contributed by atoms with Crippen molar-refractivity contribution in [1.29, 1.82) is 0 Å². The lowest BCUT2D eigenvalue weighted by Crippen LogP contribution is -2.35. The van der Waals surface area contributed by atoms with Crippen LogP contribution >= 0.6 is 0 Å². The summed E-state index contributed by atoms with van der Waals surface area (Å²) in [7, 11) is 0. The van der Waals surface area contributed by atoms with Gasteiger partial charge < -0.3 is 9.64 Å². The van der Waals surface area contributed by atoms with Crippen LogP contribution in [0.25, 0.3) is 0 Å². The highest BCUT2D eigenvalue weighted by molar-refractivity contribution is 5.77. The zero-order valence-electron chi connectivity index (χ0n) is 11.9. The molecule has 0 spiro atoms. The SMILES string of the molecule is Cc1cccc(C)c1OCC(=O)N1CCCCCC1. The Hall–Kier alpha value is -1.51. The summed E-state index contributed by atoms with van der Waals surface area (Å²) >= 11 is 0. The maximum atomic E-state index is 12.1. The predicted molar refractivity (Wildman–Crippen MR) is 76.5 cm³/mol. The highest BCUT2D eigenvalue weighted by atomic mass is 16.5. The minimum atomic E-state index is 0.115. The first-order chi connectivity index (χ1) is 9.18. The first kappa shape index (κ1) is 13.9. The Labute approximate surface area is 115 Å². The van der Waals surface area contributed by atoms with Crippen LogP contribution in [0.4, 0.5) is 0 Å². The Balaban J connectivity index is 1.92. The van der Waals surface area contributed by atoms with Gasteiger partial charge in [-0.15, -0.1) is 0 Å². The fourth-order valence-corrected chi connectivity index (χ4v) is 2.57. The standard InChI is InChI=1S/C16H23NO2/c1-13-8-7-9-14(2)16(13)19-12-15(18)17-10-5-3-4-6-11-17/h7-9H,3-6,10-12H2,1-2H3. The number of nitrogens with zero attached hydrogens (tertiary/aromatic N) is 1. The summed E-state index contributed by atoms with van der Waals surface area (Å²) in [5.74, 6) is 0.968. The molecule has 1 fully saturated rings. The highest BCUT2D eigenvalue weighted by Gasteiger charge is 2.16. The second kappa shape index (κ2) is 6.60. The summed E-state index contributed by atoms with van der Waals surface area (Å²) in [4.78, 5) is 14.1. The molecule has 0 bridgehead atoms. The van der Waals surface area contributed by atoms with Crippen molar-refractivity contribution in [3.63, 3.8) is 0 Å².